The molecule has 2 atom stereocenters. The topological polar surface area (TPSA) is 0 Å². The molecule has 0 saturated carbocycles. The van der Waals surface area contributed by atoms with Crippen molar-refractivity contribution in [3.05, 3.63) is 44.1 Å². The molecule has 54 heavy (non-hydrogen) atoms. The third-order valence-corrected chi connectivity index (χ3v) is 38.2. The van der Waals surface area contributed by atoms with Crippen LogP contribution in [0.25, 0.3) is 59.9 Å². The van der Waals surface area contributed by atoms with E-state index < -0.39 is 36.8 Å². The summed E-state index contributed by atoms with van der Waals surface area (Å²) in [6, 6.07) is 9.87. The molecule has 0 N–H and O–H groups in total. The quantitative estimate of drug-likeness (QED) is 0.0846. The predicted octanol–water partition coefficient (Wildman–Crippen LogP) is 17.9. The van der Waals surface area contributed by atoms with Crippen LogP contribution in [0.5, 0.6) is 0 Å². The van der Waals surface area contributed by atoms with Crippen LogP contribution >= 0.6 is 91.2 Å². The van der Waals surface area contributed by atoms with Crippen LogP contribution in [-0.2, 0) is 12.8 Å². The number of rotatable bonds is 16. The molecule has 6 aromatic heterocycles. The number of fused-ring (bicyclic) bond motifs is 6. The van der Waals surface area contributed by atoms with Gasteiger partial charge in [0.2, 0.25) is 0 Å². The van der Waals surface area contributed by atoms with Crippen LogP contribution in [-0.4, -0.2) is 36.8 Å². The van der Waals surface area contributed by atoms with Gasteiger partial charge in [-0.15, -0.1) is 0 Å². The third-order valence-electron chi connectivity index (χ3n) is 11.2. The fourth-order valence-corrected chi connectivity index (χ4v) is 27.5. The van der Waals surface area contributed by atoms with Crippen LogP contribution in [0.3, 0.4) is 0 Å². The van der Waals surface area contributed by atoms with Crippen molar-refractivity contribution in [2.24, 2.45) is 11.8 Å². The second kappa shape index (κ2) is 17.3. The molecule has 1 aromatic carbocycles. The standard InChI is InChI=1S/C38H38Cl2S6.6CH3.2Sn/c1-5-9-11-21(7-3)17-27-23(39)19-29(43-27)31-33-35-25(13-15-41-35)46-38(33)32(34-36-26(14-16-42-36)45-37(31)34)30-20-24(40)28(44-30)18-22(8-4)12-10-6-2;;;;;;;;/h13-14,19-22H,5-12,17-18H2,1-4H3;6*1H3;;. The van der Waals surface area contributed by atoms with Crippen molar-refractivity contribution in [1.29, 1.82) is 0 Å². The first kappa shape index (κ1) is 42.8. The second-order valence-corrected chi connectivity index (χ2v) is 55.6. The Morgan fingerprint density at radius 1 is 0.519 bits per heavy atom. The van der Waals surface area contributed by atoms with E-state index in [9.17, 15) is 0 Å². The van der Waals surface area contributed by atoms with E-state index >= 15 is 0 Å². The van der Waals surface area contributed by atoms with Crippen molar-refractivity contribution in [3.63, 3.8) is 0 Å². The van der Waals surface area contributed by atoms with Gasteiger partial charge >= 0.3 is 344 Å². The molecule has 0 spiro atoms. The van der Waals surface area contributed by atoms with Crippen LogP contribution in [0.15, 0.2) is 24.3 Å². The molecule has 10 heteroatoms. The van der Waals surface area contributed by atoms with E-state index in [-0.39, 0.29) is 0 Å². The molecule has 0 aliphatic carbocycles. The van der Waals surface area contributed by atoms with E-state index in [1.165, 1.54) is 121 Å². The number of unbranched alkanes of at least 4 members (excludes halogenated alkanes) is 2. The van der Waals surface area contributed by atoms with E-state index in [0.717, 1.165) is 22.9 Å². The van der Waals surface area contributed by atoms with Crippen LogP contribution in [0, 0.1) is 11.8 Å². The Morgan fingerprint density at radius 3 is 1.24 bits per heavy atom. The van der Waals surface area contributed by atoms with Crippen LogP contribution < -0.4 is 5.79 Å². The van der Waals surface area contributed by atoms with Gasteiger partial charge in [-0.05, 0) is 0 Å². The van der Waals surface area contributed by atoms with Crippen LogP contribution in [0.4, 0.5) is 0 Å². The second-order valence-electron chi connectivity index (χ2n) is 17.5. The first-order valence-corrected chi connectivity index (χ1v) is 45.8. The van der Waals surface area contributed by atoms with Gasteiger partial charge in [-0.25, -0.2) is 0 Å². The zero-order valence-corrected chi connectivity index (χ0v) is 45.9. The molecule has 0 fully saturated rings. The van der Waals surface area contributed by atoms with Gasteiger partial charge in [-0.2, -0.15) is 0 Å². The van der Waals surface area contributed by atoms with Crippen molar-refractivity contribution in [2.75, 3.05) is 0 Å². The van der Waals surface area contributed by atoms with Crippen molar-refractivity contribution in [2.45, 2.75) is 122 Å². The van der Waals surface area contributed by atoms with Crippen LogP contribution in [0.1, 0.15) is 88.8 Å². The molecule has 0 nitrogen and oxygen atoms in total. The number of hydrogen-bond acceptors (Lipinski definition) is 6. The first-order chi connectivity index (χ1) is 25.7. The Balaban J connectivity index is 1.54. The zero-order valence-electron chi connectivity index (χ0n) is 33.7. The van der Waals surface area contributed by atoms with Crippen molar-refractivity contribution < 1.29 is 0 Å². The molecule has 7 rings (SSSR count). The van der Waals surface area contributed by atoms with E-state index in [1.54, 1.807) is 5.79 Å². The van der Waals surface area contributed by atoms with Gasteiger partial charge in [0.05, 0.1) is 0 Å². The molecule has 6 heterocycles. The fourth-order valence-electron chi connectivity index (χ4n) is 7.77. The minimum absolute atomic E-state index is 0.685. The monoisotopic (exact) mass is 1090 g/mol. The van der Waals surface area contributed by atoms with Gasteiger partial charge in [-0.1, -0.05) is 26.7 Å². The van der Waals surface area contributed by atoms with Gasteiger partial charge in [0.15, 0.2) is 0 Å². The van der Waals surface area contributed by atoms with Crippen molar-refractivity contribution >= 4 is 173 Å². The summed E-state index contributed by atoms with van der Waals surface area (Å²) in [6.45, 7) is 9.33. The average molecular weight is 1090 g/mol. The summed E-state index contributed by atoms with van der Waals surface area (Å²) in [5.74, 6) is 1.37. The van der Waals surface area contributed by atoms with E-state index in [4.69, 9.17) is 23.2 Å². The molecule has 0 saturated heterocycles. The van der Waals surface area contributed by atoms with Crippen molar-refractivity contribution in [1.82, 2.24) is 0 Å². The molecule has 0 aliphatic rings. The molecular formula is C44H56Cl2S6Sn2. The summed E-state index contributed by atoms with van der Waals surface area (Å²) >= 11 is 22.2. The summed E-state index contributed by atoms with van der Waals surface area (Å²) in [7, 11) is 0. The van der Waals surface area contributed by atoms with Gasteiger partial charge in [-0.3, -0.25) is 0 Å². The summed E-state index contributed by atoms with van der Waals surface area (Å²) in [6.07, 6.45) is 12.2. The first-order valence-electron chi connectivity index (χ1n) is 20.1. The Bertz CT molecular complexity index is 2250. The summed E-state index contributed by atoms with van der Waals surface area (Å²) < 4.78 is 12.2. The number of halogens is 2. The fraction of sp³-hybridized carbons (Fsp3) is 0.500. The van der Waals surface area contributed by atoms with Crippen molar-refractivity contribution in [3.8, 4) is 20.9 Å². The third kappa shape index (κ3) is 8.48. The van der Waals surface area contributed by atoms with E-state index in [1.807, 2.05) is 45.3 Å². The molecular weight excluding hydrogens is 1030 g/mol. The molecule has 2 unspecified atom stereocenters. The Morgan fingerprint density at radius 2 is 0.907 bits per heavy atom. The maximum absolute atomic E-state index is 7.27. The van der Waals surface area contributed by atoms with Gasteiger partial charge in [0, 0.05) is 0 Å². The summed E-state index contributed by atoms with van der Waals surface area (Å²) in [5, 5.41) is 4.86. The molecule has 0 bridgehead atoms. The summed E-state index contributed by atoms with van der Waals surface area (Å²) in [5.41, 5.74) is 2.88. The summed E-state index contributed by atoms with van der Waals surface area (Å²) in [4.78, 5) is 20.8. The van der Waals surface area contributed by atoms with Crippen LogP contribution in [0.2, 0.25) is 39.7 Å². The Labute approximate surface area is 366 Å². The van der Waals surface area contributed by atoms with Gasteiger partial charge in [0.25, 0.3) is 0 Å². The zero-order chi connectivity index (χ0) is 38.7. The predicted molar refractivity (Wildman–Crippen MR) is 265 cm³/mol. The average Bonchev–Trinajstić information content (AvgIpc) is 3.95. The SMILES string of the molecule is CCCCC(CC)Cc1sc(-c2c3sc4c[c]([Sn]([CH3])([CH3])[CH3])sc4c3c(-c3cc(Cl)c(CC(CC)CCCC)s3)c3sc4c[c]([Sn]([CH3])([CH3])[CH3])sc4c23)cc1Cl. The Kier molecular flexibility index (Phi) is 13.7. The molecule has 0 amide bonds. The minimum atomic E-state index is -2.33. The molecule has 7 aromatic rings. The number of benzene rings is 1. The Hall–Kier alpha value is 0.637. The van der Waals surface area contributed by atoms with E-state index in [0.29, 0.717) is 11.8 Å². The van der Waals surface area contributed by atoms with Gasteiger partial charge < -0.3 is 0 Å². The maximum atomic E-state index is 7.27. The molecule has 0 aliphatic heterocycles. The normalized spacial score (nSPS) is 14.1. The molecule has 0 radical (unpaired) electrons. The van der Waals surface area contributed by atoms with Gasteiger partial charge in [0.1, 0.15) is 0 Å². The molecule has 290 valence electrons. The number of thiophene rings is 6. The van der Waals surface area contributed by atoms with E-state index in [2.05, 4.69) is 104 Å². The number of hydrogen-bond donors (Lipinski definition) is 0.